The Morgan fingerprint density at radius 1 is 1.15 bits per heavy atom. The molecule has 0 bridgehead atoms. The van der Waals surface area contributed by atoms with Gasteiger partial charge in [-0.15, -0.1) is 0 Å². The van der Waals surface area contributed by atoms with Gasteiger partial charge in [-0.1, -0.05) is 12.1 Å². The molecule has 0 aromatic heterocycles. The average Bonchev–Trinajstić information content (AvgIpc) is 3.12. The van der Waals surface area contributed by atoms with E-state index in [4.69, 9.17) is 4.74 Å². The van der Waals surface area contributed by atoms with E-state index in [1.807, 2.05) is 9.80 Å². The fourth-order valence-corrected chi connectivity index (χ4v) is 4.76. The average molecular weight is 374 g/mol. The molecular formula is C21H27FN2O3. The number of nitrogens with zero attached hydrogens (tertiary/aromatic N) is 2. The molecule has 1 aromatic rings. The van der Waals surface area contributed by atoms with Gasteiger partial charge in [-0.3, -0.25) is 9.59 Å². The number of benzene rings is 1. The molecule has 0 saturated carbocycles. The topological polar surface area (TPSA) is 49.9 Å². The molecule has 3 heterocycles. The molecule has 1 atom stereocenters. The molecule has 3 aliphatic heterocycles. The third-order valence-electron chi connectivity index (χ3n) is 6.35. The van der Waals surface area contributed by atoms with Gasteiger partial charge in [0.15, 0.2) is 0 Å². The Kier molecular flexibility index (Phi) is 5.17. The summed E-state index contributed by atoms with van der Waals surface area (Å²) in [7, 11) is 0. The maximum atomic E-state index is 13.3. The first kappa shape index (κ1) is 18.4. The van der Waals surface area contributed by atoms with Gasteiger partial charge in [0.05, 0.1) is 5.41 Å². The number of piperidine rings is 1. The van der Waals surface area contributed by atoms with Crippen molar-refractivity contribution in [1.29, 1.82) is 0 Å². The summed E-state index contributed by atoms with van der Waals surface area (Å²) < 4.78 is 18.5. The van der Waals surface area contributed by atoms with Crippen LogP contribution in [-0.2, 0) is 20.9 Å². The van der Waals surface area contributed by atoms with Crippen molar-refractivity contribution in [2.24, 2.45) is 11.3 Å². The minimum absolute atomic E-state index is 0.0444. The maximum Gasteiger partial charge on any atom is 0.230 e. The molecule has 2 amide bonds. The molecule has 3 saturated heterocycles. The number of rotatable bonds is 3. The van der Waals surface area contributed by atoms with Crippen LogP contribution in [-0.4, -0.2) is 54.5 Å². The van der Waals surface area contributed by atoms with E-state index < -0.39 is 5.41 Å². The van der Waals surface area contributed by atoms with Gasteiger partial charge in [-0.25, -0.2) is 4.39 Å². The fourth-order valence-electron chi connectivity index (χ4n) is 4.76. The van der Waals surface area contributed by atoms with Crippen LogP contribution in [0.3, 0.4) is 0 Å². The Hall–Kier alpha value is -1.95. The lowest BCUT2D eigenvalue weighted by Crippen LogP contribution is -2.50. The van der Waals surface area contributed by atoms with Crippen LogP contribution < -0.4 is 0 Å². The minimum atomic E-state index is -0.431. The zero-order valence-corrected chi connectivity index (χ0v) is 15.7. The smallest absolute Gasteiger partial charge is 0.230 e. The van der Waals surface area contributed by atoms with Crippen LogP contribution in [0.25, 0.3) is 0 Å². The Labute approximate surface area is 159 Å². The van der Waals surface area contributed by atoms with Crippen molar-refractivity contribution in [3.8, 4) is 0 Å². The van der Waals surface area contributed by atoms with E-state index in [0.29, 0.717) is 32.8 Å². The number of likely N-dealkylation sites (tertiary alicyclic amines) is 2. The first-order chi connectivity index (χ1) is 13.1. The van der Waals surface area contributed by atoms with E-state index in [9.17, 15) is 14.0 Å². The minimum Gasteiger partial charge on any atom is -0.381 e. The van der Waals surface area contributed by atoms with Crippen molar-refractivity contribution < 1.29 is 18.7 Å². The van der Waals surface area contributed by atoms with E-state index in [0.717, 1.165) is 44.2 Å². The van der Waals surface area contributed by atoms with E-state index in [1.54, 1.807) is 12.1 Å². The van der Waals surface area contributed by atoms with Crippen molar-refractivity contribution in [1.82, 2.24) is 9.80 Å². The SMILES string of the molecule is O=C(C1CCOCC1)N1CC[C@]2(CCCN(Cc3ccc(F)cc3)C2=O)C1. The van der Waals surface area contributed by atoms with Gasteiger partial charge in [-0.05, 0) is 49.8 Å². The summed E-state index contributed by atoms with van der Waals surface area (Å²) in [4.78, 5) is 29.9. The number of halogens is 1. The van der Waals surface area contributed by atoms with Crippen LogP contribution in [0.5, 0.6) is 0 Å². The van der Waals surface area contributed by atoms with E-state index in [2.05, 4.69) is 0 Å². The number of carbonyl (C=O) groups excluding carboxylic acids is 2. The summed E-state index contributed by atoms with van der Waals surface area (Å²) in [5.41, 5.74) is 0.508. The highest BCUT2D eigenvalue weighted by atomic mass is 19.1. The number of hydrogen-bond acceptors (Lipinski definition) is 3. The van der Waals surface area contributed by atoms with Gasteiger partial charge < -0.3 is 14.5 Å². The zero-order valence-electron chi connectivity index (χ0n) is 15.7. The lowest BCUT2D eigenvalue weighted by atomic mass is 9.78. The van der Waals surface area contributed by atoms with Gasteiger partial charge in [0.2, 0.25) is 11.8 Å². The summed E-state index contributed by atoms with van der Waals surface area (Å²) >= 11 is 0. The van der Waals surface area contributed by atoms with E-state index >= 15 is 0 Å². The van der Waals surface area contributed by atoms with Crippen molar-refractivity contribution in [2.75, 3.05) is 32.8 Å². The van der Waals surface area contributed by atoms with Crippen molar-refractivity contribution in [3.63, 3.8) is 0 Å². The van der Waals surface area contributed by atoms with E-state index in [1.165, 1.54) is 12.1 Å². The van der Waals surface area contributed by atoms with Crippen LogP contribution in [0.1, 0.15) is 37.7 Å². The Morgan fingerprint density at radius 3 is 2.63 bits per heavy atom. The second-order valence-electron chi connectivity index (χ2n) is 8.13. The zero-order chi connectivity index (χ0) is 18.9. The Bertz CT molecular complexity index is 702. The number of hydrogen-bond donors (Lipinski definition) is 0. The summed E-state index contributed by atoms with van der Waals surface area (Å²) in [5.74, 6) is 0.125. The fraction of sp³-hybridized carbons (Fsp3) is 0.619. The maximum absolute atomic E-state index is 13.3. The third-order valence-corrected chi connectivity index (χ3v) is 6.35. The van der Waals surface area contributed by atoms with Gasteiger partial charge >= 0.3 is 0 Å². The second kappa shape index (κ2) is 7.58. The molecule has 0 unspecified atom stereocenters. The van der Waals surface area contributed by atoms with Crippen LogP contribution in [0, 0.1) is 17.2 Å². The Morgan fingerprint density at radius 2 is 1.89 bits per heavy atom. The molecule has 0 radical (unpaired) electrons. The summed E-state index contributed by atoms with van der Waals surface area (Å²) in [5, 5.41) is 0. The number of amides is 2. The highest BCUT2D eigenvalue weighted by Crippen LogP contribution is 2.41. The normalized spacial score (nSPS) is 26.8. The molecule has 6 heteroatoms. The first-order valence-corrected chi connectivity index (χ1v) is 9.98. The number of ether oxygens (including phenoxy) is 1. The molecule has 4 rings (SSSR count). The predicted molar refractivity (Wildman–Crippen MR) is 98.2 cm³/mol. The first-order valence-electron chi connectivity index (χ1n) is 9.98. The van der Waals surface area contributed by atoms with E-state index in [-0.39, 0.29) is 23.5 Å². The molecular weight excluding hydrogens is 347 g/mol. The lowest BCUT2D eigenvalue weighted by molar-refractivity contribution is -0.147. The molecule has 3 fully saturated rings. The quantitative estimate of drug-likeness (QED) is 0.817. The predicted octanol–water partition coefficient (Wildman–Crippen LogP) is 2.59. The van der Waals surface area contributed by atoms with Gasteiger partial charge in [0.25, 0.3) is 0 Å². The largest absolute Gasteiger partial charge is 0.381 e. The molecule has 0 aliphatic carbocycles. The van der Waals surface area contributed by atoms with Crippen LogP contribution in [0.2, 0.25) is 0 Å². The molecule has 146 valence electrons. The summed E-state index contributed by atoms with van der Waals surface area (Å²) in [6.45, 7) is 3.76. The van der Waals surface area contributed by atoms with Crippen molar-refractivity contribution >= 4 is 11.8 Å². The Balaban J connectivity index is 1.42. The molecule has 3 aliphatic rings. The van der Waals surface area contributed by atoms with Gasteiger partial charge in [0.1, 0.15) is 5.82 Å². The number of carbonyl (C=O) groups is 2. The van der Waals surface area contributed by atoms with Crippen LogP contribution >= 0.6 is 0 Å². The second-order valence-corrected chi connectivity index (χ2v) is 8.13. The van der Waals surface area contributed by atoms with Crippen molar-refractivity contribution in [2.45, 2.75) is 38.6 Å². The molecule has 0 N–H and O–H groups in total. The molecule has 1 spiro atoms. The molecule has 5 nitrogen and oxygen atoms in total. The summed E-state index contributed by atoms with van der Waals surface area (Å²) in [6.07, 6.45) is 4.12. The highest BCUT2D eigenvalue weighted by molar-refractivity contribution is 5.86. The van der Waals surface area contributed by atoms with Gasteiger partial charge in [-0.2, -0.15) is 0 Å². The standard InChI is InChI=1S/C21H27FN2O3/c22-18-4-2-16(3-5-18)14-23-10-1-8-21(20(23)26)9-11-24(15-21)19(25)17-6-12-27-13-7-17/h2-5,17H,1,6-15H2/t21-/m1/s1. The van der Waals surface area contributed by atoms with Crippen molar-refractivity contribution in [3.05, 3.63) is 35.6 Å². The molecule has 27 heavy (non-hydrogen) atoms. The monoisotopic (exact) mass is 374 g/mol. The van der Waals surface area contributed by atoms with Gasteiger partial charge in [0, 0.05) is 45.3 Å². The van der Waals surface area contributed by atoms with Crippen LogP contribution in [0.4, 0.5) is 4.39 Å². The third kappa shape index (κ3) is 3.72. The molecule has 1 aromatic carbocycles. The summed E-state index contributed by atoms with van der Waals surface area (Å²) in [6, 6.07) is 6.34. The lowest BCUT2D eigenvalue weighted by Gasteiger charge is -2.39. The van der Waals surface area contributed by atoms with Crippen LogP contribution in [0.15, 0.2) is 24.3 Å². The highest BCUT2D eigenvalue weighted by Gasteiger charge is 2.49.